The van der Waals surface area contributed by atoms with Crippen LogP contribution in [-0.2, 0) is 0 Å². The first-order valence-electron chi connectivity index (χ1n) is 5.86. The second-order valence-corrected chi connectivity index (χ2v) is 4.00. The van der Waals surface area contributed by atoms with E-state index in [1.165, 1.54) is 0 Å². The van der Waals surface area contributed by atoms with Gasteiger partial charge in [-0.05, 0) is 19.2 Å². The first-order valence-corrected chi connectivity index (χ1v) is 5.86. The Labute approximate surface area is 122 Å². The molecule has 0 heterocycles. The highest BCUT2D eigenvalue weighted by Crippen LogP contribution is 2.36. The molecular formula is C12H17ClN2O5. The van der Waals surface area contributed by atoms with Gasteiger partial charge in [0, 0.05) is 11.6 Å². The number of Topliss-reactive ketones (excluding diaryl/α,β-unsaturated/α-hetero) is 1. The van der Waals surface area contributed by atoms with E-state index in [0.717, 1.165) is 12.1 Å². The fourth-order valence-electron chi connectivity index (χ4n) is 1.65. The lowest BCUT2D eigenvalue weighted by Gasteiger charge is -2.16. The number of phenolic OH excluding ortho intramolecular Hbond substituents is 2. The third-order valence-electron chi connectivity index (χ3n) is 2.85. The number of hydrogen-bond donors (Lipinski definition) is 2. The summed E-state index contributed by atoms with van der Waals surface area (Å²) in [6.45, 7) is 5.25. The van der Waals surface area contributed by atoms with E-state index in [-0.39, 0.29) is 30.3 Å². The van der Waals surface area contributed by atoms with E-state index in [9.17, 15) is 25.1 Å². The third-order valence-corrected chi connectivity index (χ3v) is 2.85. The number of hydrogen-bond acceptors (Lipinski definition) is 6. The highest BCUT2D eigenvalue weighted by Gasteiger charge is 2.22. The van der Waals surface area contributed by atoms with Gasteiger partial charge in [0.25, 0.3) is 0 Å². The van der Waals surface area contributed by atoms with Gasteiger partial charge in [-0.2, -0.15) is 0 Å². The Hall–Kier alpha value is -1.86. The minimum atomic E-state index is -0.844. The molecule has 0 aliphatic rings. The van der Waals surface area contributed by atoms with Crippen molar-refractivity contribution in [2.45, 2.75) is 13.8 Å². The van der Waals surface area contributed by atoms with Gasteiger partial charge in [-0.3, -0.25) is 19.8 Å². The summed E-state index contributed by atoms with van der Waals surface area (Å²) in [5.41, 5.74) is -0.670. The molecule has 0 aliphatic carbocycles. The van der Waals surface area contributed by atoms with Crippen LogP contribution < -0.4 is 0 Å². The maximum absolute atomic E-state index is 12.0. The molecule has 20 heavy (non-hydrogen) atoms. The van der Waals surface area contributed by atoms with Crippen molar-refractivity contribution < 1.29 is 19.9 Å². The van der Waals surface area contributed by atoms with Gasteiger partial charge in [-0.1, -0.05) is 13.8 Å². The Bertz CT molecular complexity index is 503. The van der Waals surface area contributed by atoms with Crippen molar-refractivity contribution >= 4 is 23.9 Å². The molecule has 7 nitrogen and oxygen atoms in total. The van der Waals surface area contributed by atoms with Crippen LogP contribution in [-0.4, -0.2) is 45.5 Å². The van der Waals surface area contributed by atoms with Crippen LogP contribution in [0.5, 0.6) is 11.5 Å². The lowest BCUT2D eigenvalue weighted by Crippen LogP contribution is -2.29. The number of nitro groups is 1. The van der Waals surface area contributed by atoms with Gasteiger partial charge in [-0.25, -0.2) is 0 Å². The molecule has 0 aliphatic heterocycles. The number of rotatable bonds is 6. The maximum atomic E-state index is 12.0. The number of benzene rings is 1. The van der Waals surface area contributed by atoms with Crippen molar-refractivity contribution in [2.75, 3.05) is 19.6 Å². The van der Waals surface area contributed by atoms with Gasteiger partial charge >= 0.3 is 5.69 Å². The number of nitrogens with zero attached hydrogens (tertiary/aromatic N) is 2. The second-order valence-electron chi connectivity index (χ2n) is 4.00. The number of likely N-dealkylation sites (N-methyl/N-ethyl adjacent to an activating group) is 1. The van der Waals surface area contributed by atoms with Gasteiger partial charge in [0.05, 0.1) is 11.5 Å². The van der Waals surface area contributed by atoms with Crippen molar-refractivity contribution in [3.05, 3.63) is 27.8 Å². The summed E-state index contributed by atoms with van der Waals surface area (Å²) in [5, 5.41) is 29.4. The minimum absolute atomic E-state index is 0. The van der Waals surface area contributed by atoms with Crippen LogP contribution in [0.2, 0.25) is 0 Å². The summed E-state index contributed by atoms with van der Waals surface area (Å²) in [7, 11) is 0. The van der Waals surface area contributed by atoms with Gasteiger partial charge < -0.3 is 10.2 Å². The largest absolute Gasteiger partial charge is 0.504 e. The Morgan fingerprint density at radius 3 is 2.30 bits per heavy atom. The lowest BCUT2D eigenvalue weighted by atomic mass is 10.1. The average molecular weight is 305 g/mol. The van der Waals surface area contributed by atoms with E-state index in [2.05, 4.69) is 0 Å². The molecule has 1 rings (SSSR count). The number of ketones is 1. The summed E-state index contributed by atoms with van der Waals surface area (Å²) in [6.07, 6.45) is 0. The zero-order valence-corrected chi connectivity index (χ0v) is 12.0. The quantitative estimate of drug-likeness (QED) is 0.360. The second kappa shape index (κ2) is 7.66. The summed E-state index contributed by atoms with van der Waals surface area (Å²) in [5.74, 6) is -1.84. The molecule has 0 saturated heterocycles. The van der Waals surface area contributed by atoms with Crippen LogP contribution in [0.4, 0.5) is 5.69 Å². The van der Waals surface area contributed by atoms with Crippen LogP contribution in [0.15, 0.2) is 12.1 Å². The van der Waals surface area contributed by atoms with Crippen LogP contribution in [0.3, 0.4) is 0 Å². The average Bonchev–Trinajstić information content (AvgIpc) is 2.38. The molecule has 112 valence electrons. The normalized spacial score (nSPS) is 10.2. The fraction of sp³-hybridized carbons (Fsp3) is 0.417. The molecule has 0 saturated carbocycles. The highest BCUT2D eigenvalue weighted by molar-refractivity contribution is 5.99. The monoisotopic (exact) mass is 304 g/mol. The standard InChI is InChI=1S/C12H16N2O5.ClH/c1-3-13(4-2)7-11(16)8-5-9(14(18)19)12(17)10(15)6-8;/h5-6,15,17H,3-4,7H2,1-2H3;1H. The molecule has 0 unspecified atom stereocenters. The van der Waals surface area contributed by atoms with Gasteiger partial charge in [-0.15, -0.1) is 12.4 Å². The summed E-state index contributed by atoms with van der Waals surface area (Å²) in [6, 6.07) is 2.01. The lowest BCUT2D eigenvalue weighted by molar-refractivity contribution is -0.386. The van der Waals surface area contributed by atoms with Gasteiger partial charge in [0.2, 0.25) is 5.75 Å². The topological polar surface area (TPSA) is 104 Å². The van der Waals surface area contributed by atoms with E-state index in [4.69, 9.17) is 0 Å². The van der Waals surface area contributed by atoms with Crippen molar-refractivity contribution in [1.29, 1.82) is 0 Å². The Kier molecular flexibility index (Phi) is 6.95. The van der Waals surface area contributed by atoms with E-state index in [0.29, 0.717) is 13.1 Å². The molecule has 1 aromatic carbocycles. The van der Waals surface area contributed by atoms with Crippen molar-refractivity contribution in [1.82, 2.24) is 4.90 Å². The van der Waals surface area contributed by atoms with Crippen LogP contribution in [0.1, 0.15) is 24.2 Å². The number of aromatic hydroxyl groups is 2. The zero-order chi connectivity index (χ0) is 14.6. The van der Waals surface area contributed by atoms with Crippen molar-refractivity contribution in [2.24, 2.45) is 0 Å². The smallest absolute Gasteiger partial charge is 0.315 e. The summed E-state index contributed by atoms with van der Waals surface area (Å²) < 4.78 is 0. The predicted molar refractivity (Wildman–Crippen MR) is 75.8 cm³/mol. The highest BCUT2D eigenvalue weighted by atomic mass is 35.5. The molecule has 0 fully saturated rings. The SMILES string of the molecule is CCN(CC)CC(=O)c1cc(O)c(O)c([N+](=O)[O-])c1.Cl. The summed E-state index contributed by atoms with van der Waals surface area (Å²) in [4.78, 5) is 23.7. The molecule has 0 radical (unpaired) electrons. The Morgan fingerprint density at radius 2 is 1.85 bits per heavy atom. The van der Waals surface area contributed by atoms with E-state index in [1.54, 1.807) is 0 Å². The minimum Gasteiger partial charge on any atom is -0.504 e. The molecular weight excluding hydrogens is 288 g/mol. The zero-order valence-electron chi connectivity index (χ0n) is 11.2. The maximum Gasteiger partial charge on any atom is 0.315 e. The van der Waals surface area contributed by atoms with E-state index < -0.39 is 22.1 Å². The molecule has 2 N–H and O–H groups in total. The number of nitro benzene ring substituents is 1. The number of carbonyl (C=O) groups is 1. The Balaban J connectivity index is 0.00000361. The molecule has 0 aromatic heterocycles. The Morgan fingerprint density at radius 1 is 1.30 bits per heavy atom. The van der Waals surface area contributed by atoms with E-state index >= 15 is 0 Å². The van der Waals surface area contributed by atoms with Crippen molar-refractivity contribution in [3.8, 4) is 11.5 Å². The predicted octanol–water partition coefficient (Wildman–Crippen LogP) is 1.95. The third kappa shape index (κ3) is 4.07. The molecule has 8 heteroatoms. The number of halogens is 1. The molecule has 0 bridgehead atoms. The fourth-order valence-corrected chi connectivity index (χ4v) is 1.65. The van der Waals surface area contributed by atoms with Crippen LogP contribution >= 0.6 is 12.4 Å². The first-order chi connectivity index (χ1) is 8.90. The molecule has 0 amide bonds. The number of carbonyl (C=O) groups excluding carboxylic acids is 1. The first kappa shape index (κ1) is 18.1. The summed E-state index contributed by atoms with van der Waals surface area (Å²) >= 11 is 0. The molecule has 0 spiro atoms. The van der Waals surface area contributed by atoms with Crippen LogP contribution in [0.25, 0.3) is 0 Å². The molecule has 1 aromatic rings. The molecule has 0 atom stereocenters. The van der Waals surface area contributed by atoms with Gasteiger partial charge in [0.1, 0.15) is 0 Å². The van der Waals surface area contributed by atoms with Crippen molar-refractivity contribution in [3.63, 3.8) is 0 Å². The van der Waals surface area contributed by atoms with E-state index in [1.807, 2.05) is 18.7 Å². The van der Waals surface area contributed by atoms with Gasteiger partial charge in [0.15, 0.2) is 11.5 Å². The number of phenols is 2. The van der Waals surface area contributed by atoms with Crippen LogP contribution in [0, 0.1) is 10.1 Å².